The molecule has 2 aliphatic rings. The molecular weight excluding hydrogens is 320 g/mol. The Morgan fingerprint density at radius 3 is 2.64 bits per heavy atom. The molecule has 1 amide bonds. The van der Waals surface area contributed by atoms with Crippen molar-refractivity contribution in [3.63, 3.8) is 0 Å². The standard InChI is InChI=1S/C19H28N2O4/c1-19(2,3)11-18(22)20-12-15(21-6-8-23-9-7-21)14-4-5-16-17(10-14)25-13-24-16/h4-5,10,15H,6-9,11-13H2,1-3H3,(H,20,22)/p+1/t15-/m1/s1. The quantitative estimate of drug-likeness (QED) is 0.830. The molecule has 6 heteroatoms. The summed E-state index contributed by atoms with van der Waals surface area (Å²) >= 11 is 0. The first-order valence-corrected chi connectivity index (χ1v) is 9.01. The molecule has 0 aliphatic carbocycles. The van der Waals surface area contributed by atoms with Crippen LogP contribution in [0.15, 0.2) is 18.2 Å². The van der Waals surface area contributed by atoms with Gasteiger partial charge in [0.25, 0.3) is 0 Å². The van der Waals surface area contributed by atoms with Gasteiger partial charge in [-0.1, -0.05) is 20.8 Å². The Hall–Kier alpha value is -1.79. The van der Waals surface area contributed by atoms with Crippen LogP contribution in [0.2, 0.25) is 0 Å². The summed E-state index contributed by atoms with van der Waals surface area (Å²) < 4.78 is 16.4. The second-order valence-corrected chi connectivity index (χ2v) is 7.98. The van der Waals surface area contributed by atoms with Crippen molar-refractivity contribution in [1.29, 1.82) is 0 Å². The lowest BCUT2D eigenvalue weighted by molar-refractivity contribution is -0.937. The maximum Gasteiger partial charge on any atom is 0.231 e. The van der Waals surface area contributed by atoms with Gasteiger partial charge in [-0.25, -0.2) is 0 Å². The molecule has 0 bridgehead atoms. The number of ether oxygens (including phenoxy) is 3. The van der Waals surface area contributed by atoms with Gasteiger partial charge in [-0.3, -0.25) is 4.79 Å². The fraction of sp³-hybridized carbons (Fsp3) is 0.632. The summed E-state index contributed by atoms with van der Waals surface area (Å²) in [5.74, 6) is 1.68. The van der Waals surface area contributed by atoms with Crippen molar-refractivity contribution in [1.82, 2.24) is 5.32 Å². The van der Waals surface area contributed by atoms with Crippen molar-refractivity contribution in [2.45, 2.75) is 33.2 Å². The Kier molecular flexibility index (Phi) is 5.49. The third-order valence-corrected chi connectivity index (χ3v) is 4.62. The molecule has 0 aromatic heterocycles. The fourth-order valence-corrected chi connectivity index (χ4v) is 3.37. The van der Waals surface area contributed by atoms with Gasteiger partial charge in [0.15, 0.2) is 11.5 Å². The van der Waals surface area contributed by atoms with E-state index >= 15 is 0 Å². The topological polar surface area (TPSA) is 61.2 Å². The number of rotatable bonds is 5. The van der Waals surface area contributed by atoms with Crippen LogP contribution in [-0.4, -0.2) is 45.5 Å². The fourth-order valence-electron chi connectivity index (χ4n) is 3.37. The van der Waals surface area contributed by atoms with E-state index in [9.17, 15) is 4.79 Å². The smallest absolute Gasteiger partial charge is 0.231 e. The van der Waals surface area contributed by atoms with Crippen LogP contribution < -0.4 is 19.7 Å². The molecule has 0 radical (unpaired) electrons. The summed E-state index contributed by atoms with van der Waals surface area (Å²) in [5, 5.41) is 3.13. The number of nitrogens with one attached hydrogen (secondary N) is 2. The molecular formula is C19H29N2O4+. The highest BCUT2D eigenvalue weighted by Gasteiger charge is 2.29. The van der Waals surface area contributed by atoms with Crippen molar-refractivity contribution in [3.05, 3.63) is 23.8 Å². The average molecular weight is 349 g/mol. The van der Waals surface area contributed by atoms with Crippen LogP contribution in [0.5, 0.6) is 11.5 Å². The van der Waals surface area contributed by atoms with Crippen molar-refractivity contribution < 1.29 is 23.9 Å². The van der Waals surface area contributed by atoms with Gasteiger partial charge in [-0.15, -0.1) is 0 Å². The number of hydrogen-bond donors (Lipinski definition) is 2. The van der Waals surface area contributed by atoms with Gasteiger partial charge in [-0.2, -0.15) is 0 Å². The number of quaternary nitrogens is 1. The lowest BCUT2D eigenvalue weighted by Gasteiger charge is -2.32. The van der Waals surface area contributed by atoms with Crippen molar-refractivity contribution in [2.75, 3.05) is 39.6 Å². The molecule has 0 saturated carbocycles. The van der Waals surface area contributed by atoms with Crippen LogP contribution in [0, 0.1) is 5.41 Å². The Morgan fingerprint density at radius 2 is 1.92 bits per heavy atom. The number of benzene rings is 1. The van der Waals surface area contributed by atoms with Crippen LogP contribution in [0.3, 0.4) is 0 Å². The van der Waals surface area contributed by atoms with Crippen LogP contribution in [0.25, 0.3) is 0 Å². The molecule has 0 spiro atoms. The zero-order chi connectivity index (χ0) is 17.9. The summed E-state index contributed by atoms with van der Waals surface area (Å²) in [4.78, 5) is 13.7. The summed E-state index contributed by atoms with van der Waals surface area (Å²) in [7, 11) is 0. The minimum absolute atomic E-state index is 0.00977. The predicted octanol–water partition coefficient (Wildman–Crippen LogP) is 0.924. The van der Waals surface area contributed by atoms with Gasteiger partial charge >= 0.3 is 0 Å². The molecule has 25 heavy (non-hydrogen) atoms. The lowest BCUT2D eigenvalue weighted by atomic mass is 9.92. The Balaban J connectivity index is 1.72. The zero-order valence-corrected chi connectivity index (χ0v) is 15.4. The normalized spacial score (nSPS) is 18.8. The molecule has 138 valence electrons. The van der Waals surface area contributed by atoms with Gasteiger partial charge in [-0.05, 0) is 23.6 Å². The minimum Gasteiger partial charge on any atom is -0.454 e. The molecule has 2 N–H and O–H groups in total. The van der Waals surface area contributed by atoms with Gasteiger partial charge in [0.2, 0.25) is 12.7 Å². The third kappa shape index (κ3) is 4.86. The second kappa shape index (κ2) is 7.62. The minimum atomic E-state index is -0.00977. The third-order valence-electron chi connectivity index (χ3n) is 4.62. The summed E-state index contributed by atoms with van der Waals surface area (Å²) in [5.41, 5.74) is 1.15. The highest BCUT2D eigenvalue weighted by Crippen LogP contribution is 2.33. The maximum absolute atomic E-state index is 12.3. The summed E-state index contributed by atoms with van der Waals surface area (Å²) in [6.45, 7) is 10.5. The van der Waals surface area contributed by atoms with E-state index in [4.69, 9.17) is 14.2 Å². The van der Waals surface area contributed by atoms with Crippen LogP contribution in [-0.2, 0) is 9.53 Å². The molecule has 3 rings (SSSR count). The molecule has 0 unspecified atom stereocenters. The summed E-state index contributed by atoms with van der Waals surface area (Å²) in [6, 6.07) is 6.27. The van der Waals surface area contributed by atoms with E-state index in [1.165, 1.54) is 4.90 Å². The van der Waals surface area contributed by atoms with E-state index in [1.807, 2.05) is 12.1 Å². The maximum atomic E-state index is 12.3. The molecule has 1 fully saturated rings. The molecule has 2 heterocycles. The van der Waals surface area contributed by atoms with Crippen LogP contribution >= 0.6 is 0 Å². The van der Waals surface area contributed by atoms with E-state index < -0.39 is 0 Å². The van der Waals surface area contributed by atoms with Crippen LogP contribution in [0.1, 0.15) is 38.8 Å². The van der Waals surface area contributed by atoms with E-state index in [0.717, 1.165) is 43.4 Å². The molecule has 6 nitrogen and oxygen atoms in total. The zero-order valence-electron chi connectivity index (χ0n) is 15.4. The summed E-state index contributed by atoms with van der Waals surface area (Å²) in [6.07, 6.45) is 0.527. The van der Waals surface area contributed by atoms with Crippen molar-refractivity contribution >= 4 is 5.91 Å². The molecule has 1 aromatic carbocycles. The van der Waals surface area contributed by atoms with Gasteiger partial charge < -0.3 is 24.4 Å². The van der Waals surface area contributed by atoms with E-state index in [0.29, 0.717) is 13.0 Å². The van der Waals surface area contributed by atoms with Gasteiger partial charge in [0.05, 0.1) is 19.8 Å². The average Bonchev–Trinajstić information content (AvgIpc) is 3.02. The Morgan fingerprint density at radius 1 is 1.20 bits per heavy atom. The number of amides is 1. The molecule has 1 atom stereocenters. The molecule has 1 saturated heterocycles. The first-order valence-electron chi connectivity index (χ1n) is 9.01. The van der Waals surface area contributed by atoms with E-state index in [2.05, 4.69) is 32.2 Å². The Bertz CT molecular complexity index is 606. The number of morpholine rings is 1. The molecule has 1 aromatic rings. The highest BCUT2D eigenvalue weighted by molar-refractivity contribution is 5.76. The lowest BCUT2D eigenvalue weighted by Crippen LogP contribution is -3.15. The monoisotopic (exact) mass is 349 g/mol. The Labute approximate surface area is 149 Å². The SMILES string of the molecule is CC(C)(C)CC(=O)NC[C@H](c1ccc2c(c1)OCO2)[NH+]1CCOCC1. The predicted molar refractivity (Wildman–Crippen MR) is 93.9 cm³/mol. The first-order chi connectivity index (χ1) is 11.9. The van der Waals surface area contributed by atoms with E-state index in [-0.39, 0.29) is 24.2 Å². The number of carbonyl (C=O) groups excluding carboxylic acids is 1. The number of hydrogen-bond acceptors (Lipinski definition) is 4. The van der Waals surface area contributed by atoms with E-state index in [1.54, 1.807) is 0 Å². The first kappa shape index (κ1) is 18.0. The second-order valence-electron chi connectivity index (χ2n) is 7.98. The largest absolute Gasteiger partial charge is 0.454 e. The van der Waals surface area contributed by atoms with Gasteiger partial charge in [0, 0.05) is 12.0 Å². The van der Waals surface area contributed by atoms with Crippen molar-refractivity contribution in [3.8, 4) is 11.5 Å². The number of fused-ring (bicyclic) bond motifs is 1. The number of carbonyl (C=O) groups is 1. The van der Waals surface area contributed by atoms with Crippen LogP contribution in [0.4, 0.5) is 0 Å². The van der Waals surface area contributed by atoms with Gasteiger partial charge in [0.1, 0.15) is 19.1 Å². The highest BCUT2D eigenvalue weighted by atomic mass is 16.7. The van der Waals surface area contributed by atoms with Crippen molar-refractivity contribution in [2.24, 2.45) is 5.41 Å². The molecule has 2 aliphatic heterocycles.